The largest absolute Gasteiger partial charge is 0.480 e. The van der Waals surface area contributed by atoms with Gasteiger partial charge in [-0.25, -0.2) is 4.79 Å². The molecule has 4 unspecified atom stereocenters. The molecule has 41 heavy (non-hydrogen) atoms. The van der Waals surface area contributed by atoms with Gasteiger partial charge < -0.3 is 14.8 Å². The number of hydrogen-bond donors (Lipinski definition) is 3. The van der Waals surface area contributed by atoms with E-state index in [1.54, 1.807) is 42.7 Å². The Hall–Kier alpha value is -4.83. The summed E-state index contributed by atoms with van der Waals surface area (Å²) in [4.78, 5) is 61.8. The summed E-state index contributed by atoms with van der Waals surface area (Å²) in [6, 6.07) is 18.7. The molecule has 0 aliphatic carbocycles. The van der Waals surface area contributed by atoms with Gasteiger partial charge in [0.25, 0.3) is 0 Å². The lowest BCUT2D eigenvalue weighted by atomic mass is 9.76. The number of carboxylic acid groups (broad SMARTS) is 1. The molecule has 2 fully saturated rings. The van der Waals surface area contributed by atoms with Crippen LogP contribution < -0.4 is 5.32 Å². The molecule has 4 aromatic rings. The number of H-pyrrole nitrogens is 1. The number of esters is 1. The number of ether oxygens (including phenoxy) is 1. The van der Waals surface area contributed by atoms with Crippen LogP contribution in [0.5, 0.6) is 0 Å². The second kappa shape index (κ2) is 10.3. The van der Waals surface area contributed by atoms with Crippen molar-refractivity contribution >= 4 is 34.7 Å². The van der Waals surface area contributed by atoms with Crippen molar-refractivity contribution in [2.45, 2.75) is 24.4 Å². The number of carbonyl (C=O) groups is 4. The van der Waals surface area contributed by atoms with Crippen LogP contribution in [0.2, 0.25) is 0 Å². The molecule has 0 spiro atoms. The molecule has 208 valence electrons. The highest BCUT2D eigenvalue weighted by atomic mass is 16.5. The average molecular weight is 553 g/mol. The molecule has 2 saturated heterocycles. The van der Waals surface area contributed by atoms with Crippen LogP contribution in [0.3, 0.4) is 0 Å². The lowest BCUT2D eigenvalue weighted by molar-refractivity contribution is -0.151. The average Bonchev–Trinajstić information content (AvgIpc) is 3.64. The first-order valence-electron chi connectivity index (χ1n) is 13.3. The van der Waals surface area contributed by atoms with Gasteiger partial charge in [0.15, 0.2) is 0 Å². The van der Waals surface area contributed by atoms with Crippen molar-refractivity contribution in [2.75, 3.05) is 13.7 Å². The number of aromatic amines is 1. The van der Waals surface area contributed by atoms with Crippen molar-refractivity contribution in [1.29, 1.82) is 0 Å². The van der Waals surface area contributed by atoms with E-state index in [1.807, 2.05) is 36.4 Å². The van der Waals surface area contributed by atoms with Gasteiger partial charge in [0, 0.05) is 54.4 Å². The summed E-state index contributed by atoms with van der Waals surface area (Å²) < 4.78 is 4.79. The van der Waals surface area contributed by atoms with Crippen LogP contribution >= 0.6 is 0 Å². The highest BCUT2D eigenvalue weighted by molar-refractivity contribution is 6.09. The normalized spacial score (nSPS) is 23.6. The van der Waals surface area contributed by atoms with Crippen LogP contribution in [0.1, 0.15) is 33.2 Å². The Labute approximate surface area is 235 Å². The predicted molar refractivity (Wildman–Crippen MR) is 148 cm³/mol. The fourth-order valence-corrected chi connectivity index (χ4v) is 6.30. The summed E-state index contributed by atoms with van der Waals surface area (Å²) in [5.41, 5.74) is 1.46. The lowest BCUT2D eigenvalue weighted by Crippen LogP contribution is -2.57. The Morgan fingerprint density at radius 2 is 1.78 bits per heavy atom. The predicted octanol–water partition coefficient (Wildman–Crippen LogP) is 2.90. The van der Waals surface area contributed by atoms with Crippen LogP contribution in [-0.2, 0) is 32.0 Å². The molecule has 2 aliphatic rings. The van der Waals surface area contributed by atoms with E-state index < -0.39 is 47.2 Å². The number of carbonyl (C=O) groups excluding carboxylic acids is 3. The van der Waals surface area contributed by atoms with Crippen molar-refractivity contribution in [3.8, 4) is 0 Å². The minimum Gasteiger partial charge on any atom is -0.480 e. The second-order valence-electron chi connectivity index (χ2n) is 10.5. The summed E-state index contributed by atoms with van der Waals surface area (Å²) in [5.74, 6) is -4.75. The third-order valence-corrected chi connectivity index (χ3v) is 8.28. The van der Waals surface area contributed by atoms with Gasteiger partial charge in [-0.15, -0.1) is 0 Å². The molecule has 0 saturated carbocycles. The lowest BCUT2D eigenvalue weighted by Gasteiger charge is -2.31. The molecule has 2 aromatic carbocycles. The Kier molecular flexibility index (Phi) is 6.63. The van der Waals surface area contributed by atoms with Crippen LogP contribution in [0.4, 0.5) is 0 Å². The molecule has 2 aromatic heterocycles. The van der Waals surface area contributed by atoms with Crippen LogP contribution in [0.15, 0.2) is 79.1 Å². The van der Waals surface area contributed by atoms with Crippen LogP contribution in [0, 0.1) is 11.8 Å². The number of fused-ring (bicyclic) bond motifs is 2. The fourth-order valence-electron chi connectivity index (χ4n) is 6.30. The van der Waals surface area contributed by atoms with E-state index in [0.29, 0.717) is 17.5 Å². The fraction of sp³-hybridized carbons (Fsp3) is 0.258. The summed E-state index contributed by atoms with van der Waals surface area (Å²) in [7, 11) is 1.29. The van der Waals surface area contributed by atoms with Gasteiger partial charge >= 0.3 is 11.9 Å². The number of amides is 2. The molecule has 4 heterocycles. The summed E-state index contributed by atoms with van der Waals surface area (Å²) in [6.45, 7) is 0.0957. The van der Waals surface area contributed by atoms with E-state index in [1.165, 1.54) is 12.0 Å². The van der Waals surface area contributed by atoms with E-state index >= 15 is 0 Å². The number of hydrogen-bond acceptors (Lipinski definition) is 7. The van der Waals surface area contributed by atoms with E-state index in [2.05, 4.69) is 15.3 Å². The molecule has 4 atom stereocenters. The first kappa shape index (κ1) is 26.4. The van der Waals surface area contributed by atoms with Gasteiger partial charge in [0.1, 0.15) is 5.54 Å². The third-order valence-electron chi connectivity index (χ3n) is 8.28. The zero-order valence-corrected chi connectivity index (χ0v) is 22.2. The van der Waals surface area contributed by atoms with Gasteiger partial charge in [0.05, 0.1) is 24.5 Å². The van der Waals surface area contributed by atoms with Crippen molar-refractivity contribution in [2.24, 2.45) is 11.8 Å². The zero-order chi connectivity index (χ0) is 28.7. The standard InChI is InChI=1S/C31H28N4O6/c1-41-29(38)19-11-9-18(10-12-19)26-24-25(28(37)35(27(24)36)15-13-21-6-4-5-14-32-21)31(34-26,30(39)40)16-20-17-33-23-8-3-2-7-22(20)23/h2-12,14,17,24-26,33-34H,13,15-16H2,1H3,(H,39,40). The van der Waals surface area contributed by atoms with Crippen LogP contribution in [0.25, 0.3) is 10.9 Å². The van der Waals surface area contributed by atoms with Gasteiger partial charge in [-0.1, -0.05) is 36.4 Å². The number of aromatic nitrogens is 2. The quantitative estimate of drug-likeness (QED) is 0.224. The maximum atomic E-state index is 14.0. The third kappa shape index (κ3) is 4.36. The first-order valence-corrected chi connectivity index (χ1v) is 13.3. The molecule has 10 nitrogen and oxygen atoms in total. The van der Waals surface area contributed by atoms with Gasteiger partial charge in [-0.05, 0) is 41.5 Å². The number of likely N-dealkylation sites (tertiary alicyclic amines) is 1. The Morgan fingerprint density at radius 3 is 2.49 bits per heavy atom. The highest BCUT2D eigenvalue weighted by Crippen LogP contribution is 2.50. The number of aliphatic carboxylic acids is 1. The van der Waals surface area contributed by atoms with Crippen molar-refractivity contribution < 1.29 is 29.0 Å². The Bertz CT molecular complexity index is 1650. The molecule has 2 amide bonds. The molecule has 6 rings (SSSR count). The van der Waals surface area contributed by atoms with Crippen LogP contribution in [-0.4, -0.2) is 62.9 Å². The maximum absolute atomic E-state index is 14.0. The molecule has 10 heteroatoms. The van der Waals surface area contributed by atoms with E-state index in [4.69, 9.17) is 4.74 Å². The molecule has 0 radical (unpaired) electrons. The number of benzene rings is 2. The van der Waals surface area contributed by atoms with E-state index in [9.17, 15) is 24.3 Å². The zero-order valence-electron chi connectivity index (χ0n) is 22.2. The monoisotopic (exact) mass is 552 g/mol. The number of methoxy groups -OCH3 is 1. The van der Waals surface area contributed by atoms with Crippen molar-refractivity contribution in [3.05, 3.63) is 102 Å². The van der Waals surface area contributed by atoms with Crippen molar-refractivity contribution in [3.63, 3.8) is 0 Å². The molecular formula is C31H28N4O6. The minimum atomic E-state index is -1.76. The minimum absolute atomic E-state index is 0.0165. The molecular weight excluding hydrogens is 524 g/mol. The van der Waals surface area contributed by atoms with Gasteiger partial charge in [0.2, 0.25) is 11.8 Å². The Balaban J connectivity index is 1.41. The SMILES string of the molecule is COC(=O)c1ccc(C2NC(Cc3c[nH]c4ccccc34)(C(=O)O)C3C(=O)N(CCc4ccccn4)C(=O)C23)cc1. The van der Waals surface area contributed by atoms with Crippen molar-refractivity contribution in [1.82, 2.24) is 20.2 Å². The number of pyridine rings is 1. The maximum Gasteiger partial charge on any atom is 0.337 e. The highest BCUT2D eigenvalue weighted by Gasteiger charge is 2.68. The number of para-hydroxylation sites is 1. The first-order chi connectivity index (χ1) is 19.8. The van der Waals surface area contributed by atoms with E-state index in [-0.39, 0.29) is 13.0 Å². The topological polar surface area (TPSA) is 142 Å². The number of nitrogens with zero attached hydrogens (tertiary/aromatic N) is 2. The smallest absolute Gasteiger partial charge is 0.337 e. The van der Waals surface area contributed by atoms with Gasteiger partial charge in [-0.2, -0.15) is 0 Å². The molecule has 2 aliphatic heterocycles. The number of rotatable bonds is 8. The Morgan fingerprint density at radius 1 is 1.02 bits per heavy atom. The molecule has 0 bridgehead atoms. The number of carboxylic acids is 1. The summed E-state index contributed by atoms with van der Waals surface area (Å²) >= 11 is 0. The summed E-state index contributed by atoms with van der Waals surface area (Å²) in [5, 5.41) is 14.8. The van der Waals surface area contributed by atoms with Gasteiger partial charge in [-0.3, -0.25) is 29.6 Å². The number of nitrogens with one attached hydrogen (secondary N) is 2. The summed E-state index contributed by atoms with van der Waals surface area (Å²) in [6.07, 6.45) is 3.74. The van der Waals surface area contributed by atoms with E-state index in [0.717, 1.165) is 22.2 Å². The molecule has 3 N–H and O–H groups in total. The second-order valence-corrected chi connectivity index (χ2v) is 10.5. The number of imide groups is 1.